The largest absolute Gasteiger partial charge is 0.345 e. The Bertz CT molecular complexity index is 629. The number of hydrogen-bond acceptors (Lipinski definition) is 5. The number of nitrogens with two attached hydrogens (primary N) is 1. The number of carbonyl (C=O) groups excluding carboxylic acids is 1. The number of hydrogen-bond donors (Lipinski definition) is 3. The summed E-state index contributed by atoms with van der Waals surface area (Å²) in [5.41, 5.74) is 3.68. The SMILES string of the molecule is Cc1cc(C(=O)NC(C)c2ccc(Cl)s2)cc(NN)n1. The molecule has 0 bridgehead atoms. The van der Waals surface area contributed by atoms with Gasteiger partial charge in [0.25, 0.3) is 5.91 Å². The first-order valence-corrected chi connectivity index (χ1v) is 7.20. The normalized spacial score (nSPS) is 12.0. The lowest BCUT2D eigenvalue weighted by Gasteiger charge is -2.13. The Kier molecular flexibility index (Phi) is 4.59. The zero-order valence-corrected chi connectivity index (χ0v) is 12.7. The molecule has 1 unspecified atom stereocenters. The number of carbonyl (C=O) groups is 1. The standard InChI is InChI=1S/C13H15ClN4OS/c1-7-5-9(6-12(16-7)18-15)13(19)17-8(2)10-3-4-11(14)20-10/h3-6,8H,15H2,1-2H3,(H,16,18)(H,17,19). The van der Waals surface area contributed by atoms with Crippen LogP contribution in [0.5, 0.6) is 0 Å². The highest BCUT2D eigenvalue weighted by Gasteiger charge is 2.14. The lowest BCUT2D eigenvalue weighted by molar-refractivity contribution is 0.0940. The number of amides is 1. The summed E-state index contributed by atoms with van der Waals surface area (Å²) >= 11 is 7.34. The molecule has 0 saturated carbocycles. The zero-order chi connectivity index (χ0) is 14.7. The van der Waals surface area contributed by atoms with Gasteiger partial charge in [-0.15, -0.1) is 11.3 Å². The van der Waals surface area contributed by atoms with E-state index in [0.29, 0.717) is 15.7 Å². The Balaban J connectivity index is 2.13. The maximum absolute atomic E-state index is 12.2. The van der Waals surface area contributed by atoms with Gasteiger partial charge in [0.2, 0.25) is 0 Å². The van der Waals surface area contributed by atoms with E-state index in [1.807, 2.05) is 19.1 Å². The molecule has 0 fully saturated rings. The predicted octanol–water partition coefficient (Wildman–Crippen LogP) is 2.88. The topological polar surface area (TPSA) is 80.0 Å². The number of nitrogens with zero attached hydrogens (tertiary/aromatic N) is 1. The lowest BCUT2D eigenvalue weighted by Crippen LogP contribution is -2.26. The van der Waals surface area contributed by atoms with E-state index < -0.39 is 0 Å². The van der Waals surface area contributed by atoms with E-state index >= 15 is 0 Å². The molecule has 0 aliphatic carbocycles. The summed E-state index contributed by atoms with van der Waals surface area (Å²) in [6.07, 6.45) is 0. The van der Waals surface area contributed by atoms with Crippen LogP contribution in [0.2, 0.25) is 4.34 Å². The van der Waals surface area contributed by atoms with Crippen LogP contribution in [0.15, 0.2) is 24.3 Å². The van der Waals surface area contributed by atoms with Crippen molar-refractivity contribution in [3.05, 3.63) is 44.7 Å². The third kappa shape index (κ3) is 3.47. The highest BCUT2D eigenvalue weighted by atomic mass is 35.5. The molecule has 0 radical (unpaired) electrons. The molecule has 4 N–H and O–H groups in total. The monoisotopic (exact) mass is 310 g/mol. The van der Waals surface area contributed by atoms with Gasteiger partial charge in [0, 0.05) is 16.1 Å². The fourth-order valence-electron chi connectivity index (χ4n) is 1.79. The molecule has 0 aliphatic heterocycles. The van der Waals surface area contributed by atoms with Gasteiger partial charge in [0.05, 0.1) is 10.4 Å². The third-order valence-corrected chi connectivity index (χ3v) is 4.15. The van der Waals surface area contributed by atoms with Crippen molar-refractivity contribution in [1.29, 1.82) is 0 Å². The van der Waals surface area contributed by atoms with E-state index in [9.17, 15) is 4.79 Å². The summed E-state index contributed by atoms with van der Waals surface area (Å²) in [7, 11) is 0. The van der Waals surface area contributed by atoms with Crippen LogP contribution in [0.4, 0.5) is 5.82 Å². The maximum atomic E-state index is 12.2. The molecule has 0 saturated heterocycles. The molecule has 20 heavy (non-hydrogen) atoms. The van der Waals surface area contributed by atoms with E-state index in [2.05, 4.69) is 15.7 Å². The van der Waals surface area contributed by atoms with E-state index in [4.69, 9.17) is 17.4 Å². The summed E-state index contributed by atoms with van der Waals surface area (Å²) < 4.78 is 0.704. The Morgan fingerprint density at radius 1 is 1.45 bits per heavy atom. The first-order valence-electron chi connectivity index (χ1n) is 6.01. The van der Waals surface area contributed by atoms with Crippen molar-refractivity contribution in [1.82, 2.24) is 10.3 Å². The molecule has 2 aromatic rings. The molecule has 1 atom stereocenters. The van der Waals surface area contributed by atoms with Gasteiger partial charge in [0.1, 0.15) is 5.82 Å². The predicted molar refractivity (Wildman–Crippen MR) is 82.0 cm³/mol. The minimum absolute atomic E-state index is 0.109. The highest BCUT2D eigenvalue weighted by molar-refractivity contribution is 7.16. The van der Waals surface area contributed by atoms with Crippen molar-refractivity contribution in [3.63, 3.8) is 0 Å². The van der Waals surface area contributed by atoms with Gasteiger partial charge < -0.3 is 10.7 Å². The van der Waals surface area contributed by atoms with Crippen LogP contribution in [0, 0.1) is 6.92 Å². The van der Waals surface area contributed by atoms with Crippen LogP contribution >= 0.6 is 22.9 Å². The minimum atomic E-state index is -0.177. The van der Waals surface area contributed by atoms with Gasteiger partial charge in [-0.2, -0.15) is 0 Å². The number of aromatic nitrogens is 1. The van der Waals surface area contributed by atoms with Crippen LogP contribution in [-0.4, -0.2) is 10.9 Å². The van der Waals surface area contributed by atoms with E-state index in [0.717, 1.165) is 10.6 Å². The molecular formula is C13H15ClN4OS. The number of anilines is 1. The molecule has 1 amide bonds. The first-order chi connectivity index (χ1) is 9.49. The smallest absolute Gasteiger partial charge is 0.251 e. The van der Waals surface area contributed by atoms with Crippen molar-refractivity contribution in [2.75, 3.05) is 5.43 Å². The molecule has 5 nitrogen and oxygen atoms in total. The average Bonchev–Trinajstić information content (AvgIpc) is 2.84. The zero-order valence-electron chi connectivity index (χ0n) is 11.1. The van der Waals surface area contributed by atoms with Crippen LogP contribution in [0.3, 0.4) is 0 Å². The van der Waals surface area contributed by atoms with E-state index in [1.165, 1.54) is 11.3 Å². The van der Waals surface area contributed by atoms with Gasteiger partial charge in [-0.25, -0.2) is 10.8 Å². The van der Waals surface area contributed by atoms with Crippen LogP contribution in [-0.2, 0) is 0 Å². The van der Waals surface area contributed by atoms with Crippen molar-refractivity contribution >= 4 is 34.7 Å². The molecule has 2 aromatic heterocycles. The molecular weight excluding hydrogens is 296 g/mol. The summed E-state index contributed by atoms with van der Waals surface area (Å²) in [6, 6.07) is 6.93. The van der Waals surface area contributed by atoms with Gasteiger partial charge in [-0.05, 0) is 38.1 Å². The first kappa shape index (κ1) is 14.8. The second-order valence-electron chi connectivity index (χ2n) is 4.36. The Labute approximate surface area is 126 Å². The number of pyridine rings is 1. The number of nitrogen functional groups attached to an aromatic ring is 1. The number of hydrazine groups is 1. The minimum Gasteiger partial charge on any atom is -0.345 e. The molecule has 106 valence electrons. The molecule has 0 aromatic carbocycles. The lowest BCUT2D eigenvalue weighted by atomic mass is 10.2. The van der Waals surface area contributed by atoms with E-state index in [-0.39, 0.29) is 11.9 Å². The van der Waals surface area contributed by atoms with Crippen LogP contribution < -0.4 is 16.6 Å². The number of rotatable bonds is 4. The third-order valence-electron chi connectivity index (χ3n) is 2.73. The molecule has 2 rings (SSSR count). The van der Waals surface area contributed by atoms with Gasteiger partial charge in [0.15, 0.2) is 0 Å². The quantitative estimate of drug-likeness (QED) is 0.599. The molecule has 0 spiro atoms. The fraction of sp³-hybridized carbons (Fsp3) is 0.231. The highest BCUT2D eigenvalue weighted by Crippen LogP contribution is 2.26. The summed E-state index contributed by atoms with van der Waals surface area (Å²) in [5, 5.41) is 2.92. The Morgan fingerprint density at radius 3 is 2.80 bits per heavy atom. The Morgan fingerprint density at radius 2 is 2.20 bits per heavy atom. The number of thiophene rings is 1. The fourth-order valence-corrected chi connectivity index (χ4v) is 2.85. The van der Waals surface area contributed by atoms with Crippen molar-refractivity contribution in [2.24, 2.45) is 5.84 Å². The number of halogens is 1. The van der Waals surface area contributed by atoms with E-state index in [1.54, 1.807) is 19.1 Å². The van der Waals surface area contributed by atoms with Crippen LogP contribution in [0.1, 0.15) is 33.9 Å². The van der Waals surface area contributed by atoms with Crippen molar-refractivity contribution in [3.8, 4) is 0 Å². The second-order valence-corrected chi connectivity index (χ2v) is 6.11. The summed E-state index contributed by atoms with van der Waals surface area (Å²) in [4.78, 5) is 17.4. The van der Waals surface area contributed by atoms with Gasteiger partial charge >= 0.3 is 0 Å². The van der Waals surface area contributed by atoms with Gasteiger partial charge in [-0.3, -0.25) is 4.79 Å². The van der Waals surface area contributed by atoms with Crippen molar-refractivity contribution < 1.29 is 4.79 Å². The maximum Gasteiger partial charge on any atom is 0.251 e. The number of aryl methyl sites for hydroxylation is 1. The second kappa shape index (κ2) is 6.21. The molecule has 7 heteroatoms. The molecule has 2 heterocycles. The van der Waals surface area contributed by atoms with Gasteiger partial charge in [-0.1, -0.05) is 11.6 Å². The summed E-state index contributed by atoms with van der Waals surface area (Å²) in [5.74, 6) is 5.61. The van der Waals surface area contributed by atoms with Crippen molar-refractivity contribution in [2.45, 2.75) is 19.9 Å². The van der Waals surface area contributed by atoms with Crippen LogP contribution in [0.25, 0.3) is 0 Å². The Hall–Kier alpha value is -1.63. The molecule has 0 aliphatic rings. The number of nitrogens with one attached hydrogen (secondary N) is 2. The summed E-state index contributed by atoms with van der Waals surface area (Å²) in [6.45, 7) is 3.72. The average molecular weight is 311 g/mol.